The summed E-state index contributed by atoms with van der Waals surface area (Å²) in [7, 11) is 0. The van der Waals surface area contributed by atoms with Crippen molar-refractivity contribution >= 4 is 34.8 Å². The molecule has 1 atom stereocenters. The van der Waals surface area contributed by atoms with E-state index in [1.165, 1.54) is 11.1 Å². The third-order valence-electron chi connectivity index (χ3n) is 6.59. The van der Waals surface area contributed by atoms with E-state index < -0.39 is 0 Å². The maximum absolute atomic E-state index is 13.3. The van der Waals surface area contributed by atoms with E-state index in [2.05, 4.69) is 33.7 Å². The lowest BCUT2D eigenvalue weighted by Crippen LogP contribution is -2.35. The third kappa shape index (κ3) is 5.50. The Morgan fingerprint density at radius 3 is 2.57 bits per heavy atom. The predicted octanol–water partition coefficient (Wildman–Crippen LogP) is 5.06. The normalized spacial score (nSPS) is 17.1. The van der Waals surface area contributed by atoms with Gasteiger partial charge in [-0.1, -0.05) is 35.9 Å². The van der Waals surface area contributed by atoms with Crippen molar-refractivity contribution in [2.45, 2.75) is 31.9 Å². The molecule has 6 nitrogen and oxygen atoms in total. The molecule has 3 aromatic carbocycles. The van der Waals surface area contributed by atoms with Crippen molar-refractivity contribution in [2.75, 3.05) is 29.9 Å². The number of nitrogens with zero attached hydrogens (tertiary/aromatic N) is 1. The van der Waals surface area contributed by atoms with Crippen LogP contribution in [0.25, 0.3) is 0 Å². The lowest BCUT2D eigenvalue weighted by atomic mass is 9.98. The molecule has 35 heavy (non-hydrogen) atoms. The van der Waals surface area contributed by atoms with Crippen molar-refractivity contribution < 1.29 is 14.3 Å². The molecule has 0 bridgehead atoms. The Kier molecular flexibility index (Phi) is 7.02. The van der Waals surface area contributed by atoms with Crippen LogP contribution < -0.4 is 15.5 Å². The van der Waals surface area contributed by atoms with Crippen LogP contribution in [0.2, 0.25) is 5.02 Å². The minimum Gasteiger partial charge on any atom is -0.376 e. The Bertz CT molecular complexity index is 1220. The molecule has 0 radical (unpaired) electrons. The summed E-state index contributed by atoms with van der Waals surface area (Å²) in [4.78, 5) is 28.3. The molecule has 1 fully saturated rings. The number of nitrogens with one attached hydrogen (secondary N) is 2. The average Bonchev–Trinajstić information content (AvgIpc) is 3.41. The number of hydrogen-bond donors (Lipinski definition) is 2. The number of rotatable bonds is 6. The van der Waals surface area contributed by atoms with Crippen molar-refractivity contribution in [3.63, 3.8) is 0 Å². The quantitative estimate of drug-likeness (QED) is 0.507. The second-order valence-corrected chi connectivity index (χ2v) is 9.41. The summed E-state index contributed by atoms with van der Waals surface area (Å²) in [6, 6.07) is 20.6. The van der Waals surface area contributed by atoms with E-state index in [4.69, 9.17) is 16.3 Å². The number of hydrogen-bond acceptors (Lipinski definition) is 4. The Morgan fingerprint density at radius 2 is 1.80 bits per heavy atom. The van der Waals surface area contributed by atoms with Gasteiger partial charge in [0.1, 0.15) is 0 Å². The standard InChI is InChI=1S/C28H28ClN3O3/c29-22-9-7-20(8-10-22)27(33)31-23-11-12-26(32-14-13-19-4-1-2-5-21(19)18-32)25(16-23)28(34)30-17-24-6-3-15-35-24/h1-2,4-5,7-12,16,24H,3,6,13-15,17-18H2,(H,30,34)(H,31,33). The first-order valence-electron chi connectivity index (χ1n) is 12.0. The molecule has 1 saturated heterocycles. The molecule has 2 heterocycles. The monoisotopic (exact) mass is 489 g/mol. The molecule has 0 aliphatic carbocycles. The first kappa shape index (κ1) is 23.4. The number of ether oxygens (including phenoxy) is 1. The smallest absolute Gasteiger partial charge is 0.255 e. The van der Waals surface area contributed by atoms with Crippen molar-refractivity contribution in [3.05, 3.63) is 94.0 Å². The molecule has 5 rings (SSSR count). The Labute approximate surface area is 210 Å². The van der Waals surface area contributed by atoms with Gasteiger partial charge in [-0.3, -0.25) is 9.59 Å². The van der Waals surface area contributed by atoms with Crippen LogP contribution in [0.1, 0.15) is 44.7 Å². The second-order valence-electron chi connectivity index (χ2n) is 8.98. The summed E-state index contributed by atoms with van der Waals surface area (Å²) < 4.78 is 5.67. The number of fused-ring (bicyclic) bond motifs is 1. The van der Waals surface area contributed by atoms with Crippen LogP contribution in [0, 0.1) is 0 Å². The summed E-state index contributed by atoms with van der Waals surface area (Å²) >= 11 is 5.94. The zero-order valence-electron chi connectivity index (χ0n) is 19.4. The molecule has 0 saturated carbocycles. The SMILES string of the molecule is O=C(Nc1ccc(N2CCc3ccccc3C2)c(C(=O)NCC2CCCO2)c1)c1ccc(Cl)cc1. The van der Waals surface area contributed by atoms with E-state index in [0.717, 1.165) is 44.6 Å². The minimum absolute atomic E-state index is 0.0528. The minimum atomic E-state index is -0.257. The van der Waals surface area contributed by atoms with Gasteiger partial charge in [0, 0.05) is 48.2 Å². The van der Waals surface area contributed by atoms with E-state index in [9.17, 15) is 9.59 Å². The number of amides is 2. The zero-order chi connectivity index (χ0) is 24.2. The Morgan fingerprint density at radius 1 is 1.00 bits per heavy atom. The highest BCUT2D eigenvalue weighted by Gasteiger charge is 2.23. The highest BCUT2D eigenvalue weighted by molar-refractivity contribution is 6.30. The average molecular weight is 490 g/mol. The van der Waals surface area contributed by atoms with Crippen molar-refractivity contribution in [1.82, 2.24) is 5.32 Å². The molecule has 2 amide bonds. The van der Waals surface area contributed by atoms with E-state index in [-0.39, 0.29) is 17.9 Å². The van der Waals surface area contributed by atoms with Crippen molar-refractivity contribution in [1.29, 1.82) is 0 Å². The predicted molar refractivity (Wildman–Crippen MR) is 138 cm³/mol. The van der Waals surface area contributed by atoms with Crippen LogP contribution in [0.5, 0.6) is 0 Å². The lowest BCUT2D eigenvalue weighted by molar-refractivity contribution is 0.0858. The van der Waals surface area contributed by atoms with E-state index in [1.54, 1.807) is 30.3 Å². The lowest BCUT2D eigenvalue weighted by Gasteiger charge is -2.32. The van der Waals surface area contributed by atoms with Gasteiger partial charge >= 0.3 is 0 Å². The van der Waals surface area contributed by atoms with Crippen LogP contribution in [0.15, 0.2) is 66.7 Å². The largest absolute Gasteiger partial charge is 0.376 e. The van der Waals surface area contributed by atoms with Gasteiger partial charge in [0.15, 0.2) is 0 Å². The Balaban J connectivity index is 1.39. The summed E-state index contributed by atoms with van der Waals surface area (Å²) in [5, 5.41) is 6.52. The molecule has 180 valence electrons. The maximum atomic E-state index is 13.3. The molecule has 0 spiro atoms. The van der Waals surface area contributed by atoms with Crippen LogP contribution in [-0.2, 0) is 17.7 Å². The van der Waals surface area contributed by atoms with Gasteiger partial charge in [0.25, 0.3) is 11.8 Å². The number of carbonyl (C=O) groups is 2. The molecule has 2 N–H and O–H groups in total. The number of halogens is 1. The molecular weight excluding hydrogens is 462 g/mol. The van der Waals surface area contributed by atoms with E-state index in [0.29, 0.717) is 28.4 Å². The van der Waals surface area contributed by atoms with E-state index in [1.807, 2.05) is 18.2 Å². The fourth-order valence-electron chi connectivity index (χ4n) is 4.68. The topological polar surface area (TPSA) is 70.7 Å². The molecule has 0 aromatic heterocycles. The highest BCUT2D eigenvalue weighted by atomic mass is 35.5. The fraction of sp³-hybridized carbons (Fsp3) is 0.286. The maximum Gasteiger partial charge on any atom is 0.255 e. The first-order valence-corrected chi connectivity index (χ1v) is 12.4. The third-order valence-corrected chi connectivity index (χ3v) is 6.84. The van der Waals surface area contributed by atoms with Crippen LogP contribution in [-0.4, -0.2) is 37.6 Å². The zero-order valence-corrected chi connectivity index (χ0v) is 20.2. The van der Waals surface area contributed by atoms with Crippen LogP contribution in [0.4, 0.5) is 11.4 Å². The number of anilines is 2. The van der Waals surface area contributed by atoms with Crippen molar-refractivity contribution in [3.8, 4) is 0 Å². The van der Waals surface area contributed by atoms with Gasteiger partial charge in [-0.05, 0) is 72.9 Å². The summed E-state index contributed by atoms with van der Waals surface area (Å²) in [6.45, 7) is 2.77. The van der Waals surface area contributed by atoms with Gasteiger partial charge in [0.2, 0.25) is 0 Å². The van der Waals surface area contributed by atoms with E-state index >= 15 is 0 Å². The molecule has 3 aromatic rings. The van der Waals surface area contributed by atoms with Crippen LogP contribution >= 0.6 is 11.6 Å². The van der Waals surface area contributed by atoms with Gasteiger partial charge < -0.3 is 20.3 Å². The Hall–Kier alpha value is -3.35. The highest BCUT2D eigenvalue weighted by Crippen LogP contribution is 2.30. The van der Waals surface area contributed by atoms with Gasteiger partial charge in [-0.2, -0.15) is 0 Å². The van der Waals surface area contributed by atoms with Gasteiger partial charge in [-0.15, -0.1) is 0 Å². The summed E-state index contributed by atoms with van der Waals surface area (Å²) in [6.07, 6.45) is 2.94. The molecule has 1 unspecified atom stereocenters. The fourth-order valence-corrected chi connectivity index (χ4v) is 4.81. The summed E-state index contributed by atoms with van der Waals surface area (Å²) in [5.41, 5.74) is 5.07. The molecule has 2 aliphatic heterocycles. The van der Waals surface area contributed by atoms with Crippen LogP contribution in [0.3, 0.4) is 0 Å². The second kappa shape index (κ2) is 10.5. The van der Waals surface area contributed by atoms with Crippen molar-refractivity contribution in [2.24, 2.45) is 0 Å². The molecular formula is C28H28ClN3O3. The number of benzene rings is 3. The summed E-state index contributed by atoms with van der Waals surface area (Å²) in [5.74, 6) is -0.427. The van der Waals surface area contributed by atoms with Gasteiger partial charge in [0.05, 0.1) is 11.7 Å². The molecule has 7 heteroatoms. The number of carbonyl (C=O) groups excluding carboxylic acids is 2. The van der Waals surface area contributed by atoms with Gasteiger partial charge in [-0.25, -0.2) is 0 Å². The first-order chi connectivity index (χ1) is 17.1. The molecule has 2 aliphatic rings.